The molecule has 0 saturated carbocycles. The molecule has 1 aromatic carbocycles. The van der Waals surface area contributed by atoms with Gasteiger partial charge in [0.2, 0.25) is 10.0 Å². The van der Waals surface area contributed by atoms with Crippen molar-refractivity contribution in [2.45, 2.75) is 11.9 Å². The van der Waals surface area contributed by atoms with Crippen molar-refractivity contribution in [3.05, 3.63) is 35.6 Å². The van der Waals surface area contributed by atoms with Crippen LogP contribution in [0.5, 0.6) is 0 Å². The summed E-state index contributed by atoms with van der Waals surface area (Å²) in [7, 11) is -4.20. The fourth-order valence-corrected chi connectivity index (χ4v) is 2.19. The molecule has 0 aliphatic heterocycles. The SMILES string of the molecule is O=S(=O)(Cc1ccccc1F)NCC(F)(F)F. The Morgan fingerprint density at radius 2 is 1.76 bits per heavy atom. The van der Waals surface area contributed by atoms with Crippen molar-refractivity contribution in [1.82, 2.24) is 4.72 Å². The van der Waals surface area contributed by atoms with Crippen LogP contribution in [0.25, 0.3) is 0 Å². The molecule has 0 radical (unpaired) electrons. The van der Waals surface area contributed by atoms with E-state index in [2.05, 4.69) is 0 Å². The number of sulfonamides is 1. The van der Waals surface area contributed by atoms with Crippen LogP contribution in [0, 0.1) is 5.82 Å². The third kappa shape index (κ3) is 5.14. The van der Waals surface area contributed by atoms with E-state index < -0.39 is 34.3 Å². The molecule has 0 fully saturated rings. The van der Waals surface area contributed by atoms with Gasteiger partial charge in [-0.3, -0.25) is 0 Å². The highest BCUT2D eigenvalue weighted by Gasteiger charge is 2.29. The fourth-order valence-electron chi connectivity index (χ4n) is 1.06. The second kappa shape index (κ2) is 5.01. The van der Waals surface area contributed by atoms with E-state index in [1.807, 2.05) is 0 Å². The Labute approximate surface area is 95.5 Å². The number of hydrogen-bond acceptors (Lipinski definition) is 2. The highest BCUT2D eigenvalue weighted by molar-refractivity contribution is 7.88. The van der Waals surface area contributed by atoms with E-state index in [0.717, 1.165) is 6.07 Å². The van der Waals surface area contributed by atoms with Gasteiger partial charge in [0.15, 0.2) is 0 Å². The maximum Gasteiger partial charge on any atom is 0.402 e. The second-order valence-electron chi connectivity index (χ2n) is 3.29. The highest BCUT2D eigenvalue weighted by Crippen LogP contribution is 2.14. The first-order valence-corrected chi connectivity index (χ1v) is 6.12. The lowest BCUT2D eigenvalue weighted by Crippen LogP contribution is -2.34. The number of benzene rings is 1. The standard InChI is InChI=1S/C9H9F4NO2S/c10-8-4-2-1-3-7(8)5-17(15,16)14-6-9(11,12)13/h1-4,14H,5-6H2. The van der Waals surface area contributed by atoms with Crippen molar-refractivity contribution in [2.75, 3.05) is 6.54 Å². The first kappa shape index (κ1) is 13.9. The van der Waals surface area contributed by atoms with E-state index in [1.165, 1.54) is 22.9 Å². The summed E-state index contributed by atoms with van der Waals surface area (Å²) in [5.74, 6) is -1.60. The van der Waals surface area contributed by atoms with Crippen molar-refractivity contribution >= 4 is 10.0 Å². The molecular weight excluding hydrogens is 262 g/mol. The lowest BCUT2D eigenvalue weighted by atomic mass is 10.2. The van der Waals surface area contributed by atoms with Gasteiger partial charge >= 0.3 is 6.18 Å². The molecule has 0 atom stereocenters. The zero-order valence-corrected chi connectivity index (χ0v) is 9.28. The molecule has 1 rings (SSSR count). The van der Waals surface area contributed by atoms with Crippen molar-refractivity contribution in [2.24, 2.45) is 0 Å². The van der Waals surface area contributed by atoms with E-state index in [1.54, 1.807) is 0 Å². The predicted octanol–water partition coefficient (Wildman–Crippen LogP) is 1.81. The summed E-state index contributed by atoms with van der Waals surface area (Å²) in [5.41, 5.74) is -0.179. The molecule has 1 aromatic rings. The summed E-state index contributed by atoms with van der Waals surface area (Å²) in [6.45, 7) is -1.66. The second-order valence-corrected chi connectivity index (χ2v) is 5.09. The van der Waals surface area contributed by atoms with Crippen LogP contribution in [-0.4, -0.2) is 21.1 Å². The van der Waals surface area contributed by atoms with Gasteiger partial charge in [0.25, 0.3) is 0 Å². The maximum atomic E-state index is 13.1. The van der Waals surface area contributed by atoms with Gasteiger partial charge in [-0.1, -0.05) is 18.2 Å². The van der Waals surface area contributed by atoms with Crippen LogP contribution >= 0.6 is 0 Å². The van der Waals surface area contributed by atoms with Crippen LogP contribution in [-0.2, 0) is 15.8 Å². The molecule has 96 valence electrons. The van der Waals surface area contributed by atoms with Gasteiger partial charge in [-0.15, -0.1) is 0 Å². The zero-order chi connectivity index (χ0) is 13.1. The minimum atomic E-state index is -4.64. The first-order chi connectivity index (χ1) is 7.70. The van der Waals surface area contributed by atoms with Crippen molar-refractivity contribution < 1.29 is 26.0 Å². The van der Waals surface area contributed by atoms with Gasteiger partial charge in [0.05, 0.1) is 5.75 Å². The van der Waals surface area contributed by atoms with E-state index in [4.69, 9.17) is 0 Å². The molecule has 0 spiro atoms. The van der Waals surface area contributed by atoms with Crippen LogP contribution < -0.4 is 4.72 Å². The largest absolute Gasteiger partial charge is 0.402 e. The molecule has 0 bridgehead atoms. The van der Waals surface area contributed by atoms with E-state index in [0.29, 0.717) is 0 Å². The van der Waals surface area contributed by atoms with Gasteiger partial charge < -0.3 is 0 Å². The molecule has 0 heterocycles. The summed E-state index contributed by atoms with van der Waals surface area (Å²) in [5, 5.41) is 0. The molecule has 0 aliphatic carbocycles. The number of nitrogens with one attached hydrogen (secondary N) is 1. The van der Waals surface area contributed by atoms with Gasteiger partial charge in [0.1, 0.15) is 12.4 Å². The van der Waals surface area contributed by atoms with Crippen molar-refractivity contribution in [1.29, 1.82) is 0 Å². The first-order valence-electron chi connectivity index (χ1n) is 4.47. The van der Waals surface area contributed by atoms with Gasteiger partial charge in [-0.05, 0) is 6.07 Å². The molecule has 0 aromatic heterocycles. The van der Waals surface area contributed by atoms with Crippen LogP contribution in [0.15, 0.2) is 24.3 Å². The molecule has 17 heavy (non-hydrogen) atoms. The molecule has 3 nitrogen and oxygen atoms in total. The lowest BCUT2D eigenvalue weighted by Gasteiger charge is -2.09. The van der Waals surface area contributed by atoms with Crippen molar-refractivity contribution in [3.8, 4) is 0 Å². The minimum absolute atomic E-state index is 0.179. The third-order valence-corrected chi connectivity index (χ3v) is 3.07. The molecule has 0 aliphatic rings. The fraction of sp³-hybridized carbons (Fsp3) is 0.333. The Balaban J connectivity index is 2.71. The van der Waals surface area contributed by atoms with Gasteiger partial charge in [-0.25, -0.2) is 17.5 Å². The van der Waals surface area contributed by atoms with Crippen LogP contribution in [0.3, 0.4) is 0 Å². The Morgan fingerprint density at radius 1 is 1.18 bits per heavy atom. The summed E-state index contributed by atoms with van der Waals surface area (Å²) in [6.07, 6.45) is -4.64. The summed E-state index contributed by atoms with van der Waals surface area (Å²) < 4.78 is 72.3. The van der Waals surface area contributed by atoms with E-state index in [-0.39, 0.29) is 5.56 Å². The normalized spacial score (nSPS) is 12.7. The maximum absolute atomic E-state index is 13.1. The predicted molar refractivity (Wildman–Crippen MR) is 53.1 cm³/mol. The van der Waals surface area contributed by atoms with Gasteiger partial charge in [-0.2, -0.15) is 13.2 Å². The summed E-state index contributed by atoms with van der Waals surface area (Å²) in [6, 6.07) is 4.99. The smallest absolute Gasteiger partial charge is 0.212 e. The topological polar surface area (TPSA) is 46.2 Å². The molecule has 1 N–H and O–H groups in total. The summed E-state index contributed by atoms with van der Waals surface area (Å²) in [4.78, 5) is 0. The zero-order valence-electron chi connectivity index (χ0n) is 8.46. The Bertz CT molecular complexity index is 484. The number of hydrogen-bond donors (Lipinski definition) is 1. The van der Waals surface area contributed by atoms with Crippen LogP contribution in [0.2, 0.25) is 0 Å². The Morgan fingerprint density at radius 3 is 2.29 bits per heavy atom. The monoisotopic (exact) mass is 271 g/mol. The van der Waals surface area contributed by atoms with E-state index >= 15 is 0 Å². The molecule has 0 unspecified atom stereocenters. The van der Waals surface area contributed by atoms with Gasteiger partial charge in [0, 0.05) is 5.56 Å². The Hall–Kier alpha value is -1.15. The quantitative estimate of drug-likeness (QED) is 0.849. The molecule has 0 amide bonds. The van der Waals surface area contributed by atoms with Crippen molar-refractivity contribution in [3.63, 3.8) is 0 Å². The van der Waals surface area contributed by atoms with E-state index in [9.17, 15) is 26.0 Å². The molecular formula is C9H9F4NO2S. The number of rotatable bonds is 4. The number of alkyl halides is 3. The highest BCUT2D eigenvalue weighted by atomic mass is 32.2. The third-order valence-electron chi connectivity index (χ3n) is 1.80. The van der Waals surface area contributed by atoms with Crippen LogP contribution in [0.4, 0.5) is 17.6 Å². The lowest BCUT2D eigenvalue weighted by molar-refractivity contribution is -0.121. The molecule has 0 saturated heterocycles. The van der Waals surface area contributed by atoms with Crippen LogP contribution in [0.1, 0.15) is 5.56 Å². The minimum Gasteiger partial charge on any atom is -0.212 e. The number of halogens is 4. The average Bonchev–Trinajstić information content (AvgIpc) is 2.18. The average molecular weight is 271 g/mol. The molecule has 8 heteroatoms. The Kier molecular flexibility index (Phi) is 4.10. The summed E-state index contributed by atoms with van der Waals surface area (Å²) >= 11 is 0.